The van der Waals surface area contributed by atoms with Crippen LogP contribution in [-0.4, -0.2) is 48.8 Å². The number of benzene rings is 1. The molecular formula is C13H16BrN3O5. The van der Waals surface area contributed by atoms with Gasteiger partial charge in [-0.15, -0.1) is 0 Å². The number of hydrogen-bond acceptors (Lipinski definition) is 6. The van der Waals surface area contributed by atoms with E-state index in [2.05, 4.69) is 21.2 Å². The number of ether oxygens (including phenoxy) is 1. The first kappa shape index (κ1) is 16.7. The average molecular weight is 374 g/mol. The van der Waals surface area contributed by atoms with Gasteiger partial charge >= 0.3 is 0 Å². The molecular weight excluding hydrogens is 358 g/mol. The molecule has 1 aromatic rings. The summed E-state index contributed by atoms with van der Waals surface area (Å²) in [5.41, 5.74) is 0.679. The van der Waals surface area contributed by atoms with Crippen LogP contribution in [-0.2, 0) is 9.53 Å². The molecule has 0 saturated carbocycles. The second-order valence-electron chi connectivity index (χ2n) is 4.68. The van der Waals surface area contributed by atoms with Crippen LogP contribution < -0.4 is 10.2 Å². The lowest BCUT2D eigenvalue weighted by Crippen LogP contribution is -2.41. The Morgan fingerprint density at radius 1 is 1.50 bits per heavy atom. The molecule has 0 aliphatic carbocycles. The zero-order valence-electron chi connectivity index (χ0n) is 11.7. The number of amides is 1. The fourth-order valence-corrected chi connectivity index (χ4v) is 2.68. The van der Waals surface area contributed by atoms with Gasteiger partial charge in [0.05, 0.1) is 17.2 Å². The van der Waals surface area contributed by atoms with Crippen LogP contribution in [0.25, 0.3) is 0 Å². The molecule has 22 heavy (non-hydrogen) atoms. The maximum atomic E-state index is 11.9. The fourth-order valence-electron chi connectivity index (χ4n) is 2.13. The minimum absolute atomic E-state index is 0.00231. The molecule has 1 amide bonds. The largest absolute Gasteiger partial charge is 0.396 e. The number of carbonyl (C=O) groups is 1. The van der Waals surface area contributed by atoms with E-state index in [0.717, 1.165) is 0 Å². The molecule has 2 N–H and O–H groups in total. The predicted octanol–water partition coefficient (Wildman–Crippen LogP) is 1.51. The summed E-state index contributed by atoms with van der Waals surface area (Å²) in [4.78, 5) is 24.1. The highest BCUT2D eigenvalue weighted by molar-refractivity contribution is 9.10. The number of nitro benzene ring substituents is 1. The fraction of sp³-hybridized carbons (Fsp3) is 0.462. The van der Waals surface area contributed by atoms with Crippen molar-refractivity contribution in [2.45, 2.75) is 6.42 Å². The molecule has 0 bridgehead atoms. The zero-order valence-corrected chi connectivity index (χ0v) is 13.3. The summed E-state index contributed by atoms with van der Waals surface area (Å²) in [5.74, 6) is -0.234. The average Bonchev–Trinajstić information content (AvgIpc) is 2.48. The number of rotatable bonds is 6. The second-order valence-corrected chi connectivity index (χ2v) is 5.53. The van der Waals surface area contributed by atoms with E-state index >= 15 is 0 Å². The second kappa shape index (κ2) is 7.52. The van der Waals surface area contributed by atoms with Crippen LogP contribution in [0.15, 0.2) is 16.6 Å². The number of nitro groups is 1. The van der Waals surface area contributed by atoms with E-state index in [-0.39, 0.29) is 24.8 Å². The lowest BCUT2D eigenvalue weighted by atomic mass is 10.2. The van der Waals surface area contributed by atoms with Gasteiger partial charge in [-0.1, -0.05) is 0 Å². The van der Waals surface area contributed by atoms with Crippen LogP contribution in [0.4, 0.5) is 17.1 Å². The smallest absolute Gasteiger partial charge is 0.294 e. The van der Waals surface area contributed by atoms with Gasteiger partial charge in [-0.2, -0.15) is 0 Å². The van der Waals surface area contributed by atoms with E-state index in [4.69, 9.17) is 9.84 Å². The highest BCUT2D eigenvalue weighted by Gasteiger charge is 2.26. The van der Waals surface area contributed by atoms with Crippen LogP contribution in [0, 0.1) is 10.1 Å². The molecule has 9 heteroatoms. The molecule has 0 aromatic heterocycles. The highest BCUT2D eigenvalue weighted by Crippen LogP contribution is 2.37. The Balaban J connectivity index is 2.33. The van der Waals surface area contributed by atoms with E-state index in [1.807, 2.05) is 0 Å². The highest BCUT2D eigenvalue weighted by atomic mass is 79.9. The van der Waals surface area contributed by atoms with Crippen molar-refractivity contribution in [3.8, 4) is 0 Å². The number of nitrogens with zero attached hydrogens (tertiary/aromatic N) is 2. The van der Waals surface area contributed by atoms with Crippen molar-refractivity contribution < 1.29 is 19.6 Å². The third-order valence-electron chi connectivity index (χ3n) is 3.19. The van der Waals surface area contributed by atoms with E-state index in [1.165, 1.54) is 11.0 Å². The summed E-state index contributed by atoms with van der Waals surface area (Å²) in [6.07, 6.45) is 0.485. The van der Waals surface area contributed by atoms with Crippen molar-refractivity contribution >= 4 is 38.9 Å². The number of morpholine rings is 1. The number of anilines is 2. The summed E-state index contributed by atoms with van der Waals surface area (Å²) in [6, 6.07) is 2.95. The lowest BCUT2D eigenvalue weighted by molar-refractivity contribution is -0.383. The maximum Gasteiger partial charge on any atom is 0.294 e. The Kier molecular flexibility index (Phi) is 5.69. The molecule has 0 atom stereocenters. The van der Waals surface area contributed by atoms with Gasteiger partial charge in [-0.25, -0.2) is 0 Å². The minimum Gasteiger partial charge on any atom is -0.396 e. The van der Waals surface area contributed by atoms with Gasteiger partial charge in [-0.3, -0.25) is 14.9 Å². The molecule has 1 aliphatic rings. The lowest BCUT2D eigenvalue weighted by Gasteiger charge is -2.27. The van der Waals surface area contributed by atoms with E-state index in [9.17, 15) is 14.9 Å². The number of nitrogens with one attached hydrogen (secondary N) is 1. The summed E-state index contributed by atoms with van der Waals surface area (Å²) < 4.78 is 5.65. The summed E-state index contributed by atoms with van der Waals surface area (Å²) in [7, 11) is 0. The number of halogens is 1. The van der Waals surface area contributed by atoms with Crippen LogP contribution in [0.1, 0.15) is 6.42 Å². The molecule has 120 valence electrons. The SMILES string of the molecule is O=C1COCCN1c1cc([N+](=O)[O-])c(NCCCO)cc1Br. The standard InChI is InChI=1S/C13H16BrN3O5/c14-9-6-10(15-2-1-4-18)12(17(20)21)7-11(9)16-3-5-22-8-13(16)19/h6-7,15,18H,1-5,8H2. The van der Waals surface area contributed by atoms with Gasteiger partial charge in [0.1, 0.15) is 12.3 Å². The molecule has 0 unspecified atom stereocenters. The molecule has 2 rings (SSSR count). The quantitative estimate of drug-likeness (QED) is 0.444. The van der Waals surface area contributed by atoms with Crippen LogP contribution in [0.2, 0.25) is 0 Å². The Bertz CT molecular complexity index is 581. The molecule has 1 aromatic carbocycles. The normalized spacial score (nSPS) is 15.0. The van der Waals surface area contributed by atoms with Crippen molar-refractivity contribution in [2.75, 3.05) is 43.1 Å². The number of aliphatic hydroxyl groups is 1. The van der Waals surface area contributed by atoms with Gasteiger partial charge in [0.25, 0.3) is 11.6 Å². The van der Waals surface area contributed by atoms with Gasteiger partial charge in [-0.05, 0) is 28.4 Å². The van der Waals surface area contributed by atoms with E-state index in [0.29, 0.717) is 42.0 Å². The van der Waals surface area contributed by atoms with Crippen molar-refractivity contribution in [1.29, 1.82) is 0 Å². The predicted molar refractivity (Wildman–Crippen MR) is 84.2 cm³/mol. The maximum absolute atomic E-state index is 11.9. The topological polar surface area (TPSA) is 105 Å². The third-order valence-corrected chi connectivity index (χ3v) is 3.82. The van der Waals surface area contributed by atoms with Crippen LogP contribution >= 0.6 is 15.9 Å². The molecule has 1 aliphatic heterocycles. The first-order valence-electron chi connectivity index (χ1n) is 6.75. The van der Waals surface area contributed by atoms with Crippen molar-refractivity contribution in [2.24, 2.45) is 0 Å². The molecule has 1 heterocycles. The van der Waals surface area contributed by atoms with Crippen LogP contribution in [0.3, 0.4) is 0 Å². The summed E-state index contributed by atoms with van der Waals surface area (Å²) in [6.45, 7) is 1.13. The Hall–Kier alpha value is -1.71. The molecule has 1 fully saturated rings. The Labute approximate surface area is 135 Å². The van der Waals surface area contributed by atoms with Gasteiger partial charge < -0.3 is 20.1 Å². The van der Waals surface area contributed by atoms with Gasteiger partial charge in [0, 0.05) is 30.2 Å². The third kappa shape index (κ3) is 3.73. The number of carbonyl (C=O) groups excluding carboxylic acids is 1. The molecule has 0 radical (unpaired) electrons. The van der Waals surface area contributed by atoms with Gasteiger partial charge in [0.15, 0.2) is 0 Å². The Morgan fingerprint density at radius 3 is 2.91 bits per heavy atom. The van der Waals surface area contributed by atoms with Crippen molar-refractivity contribution in [1.82, 2.24) is 0 Å². The molecule has 1 saturated heterocycles. The summed E-state index contributed by atoms with van der Waals surface area (Å²) in [5, 5.41) is 23.0. The van der Waals surface area contributed by atoms with Crippen molar-refractivity contribution in [3.05, 3.63) is 26.7 Å². The van der Waals surface area contributed by atoms with E-state index < -0.39 is 4.92 Å². The monoisotopic (exact) mass is 373 g/mol. The van der Waals surface area contributed by atoms with E-state index in [1.54, 1.807) is 6.07 Å². The minimum atomic E-state index is -0.498. The van der Waals surface area contributed by atoms with Gasteiger partial charge in [0.2, 0.25) is 0 Å². The zero-order chi connectivity index (χ0) is 16.1. The van der Waals surface area contributed by atoms with Crippen LogP contribution in [0.5, 0.6) is 0 Å². The summed E-state index contributed by atoms with van der Waals surface area (Å²) >= 11 is 3.36. The van der Waals surface area contributed by atoms with Crippen molar-refractivity contribution in [3.63, 3.8) is 0 Å². The molecule has 0 spiro atoms. The molecule has 8 nitrogen and oxygen atoms in total. The first-order chi connectivity index (χ1) is 10.5. The number of aliphatic hydroxyl groups excluding tert-OH is 1. The number of hydrogen-bond donors (Lipinski definition) is 2. The Morgan fingerprint density at radius 2 is 2.27 bits per heavy atom. The first-order valence-corrected chi connectivity index (χ1v) is 7.54.